The molecule has 30 heavy (non-hydrogen) atoms. The second-order valence-electron chi connectivity index (χ2n) is 6.72. The highest BCUT2D eigenvalue weighted by molar-refractivity contribution is 5.90. The summed E-state index contributed by atoms with van der Waals surface area (Å²) in [6.07, 6.45) is 9.92. The van der Waals surface area contributed by atoms with Gasteiger partial charge in [0.05, 0.1) is 13.2 Å². The Balaban J connectivity index is 2.16. The number of amides is 1. The zero-order valence-corrected chi connectivity index (χ0v) is 16.9. The minimum atomic E-state index is -1.08. The van der Waals surface area contributed by atoms with Crippen molar-refractivity contribution >= 4 is 17.8 Å². The van der Waals surface area contributed by atoms with Crippen LogP contribution >= 0.6 is 0 Å². The van der Waals surface area contributed by atoms with Gasteiger partial charge in [0.25, 0.3) is 5.91 Å². The van der Waals surface area contributed by atoms with Crippen molar-refractivity contribution < 1.29 is 29.0 Å². The van der Waals surface area contributed by atoms with Crippen molar-refractivity contribution in [2.45, 2.75) is 43.9 Å². The van der Waals surface area contributed by atoms with Crippen molar-refractivity contribution in [2.75, 3.05) is 7.11 Å². The quantitative estimate of drug-likeness (QED) is 0.581. The van der Waals surface area contributed by atoms with E-state index >= 15 is 0 Å². The molecule has 2 rings (SSSR count). The van der Waals surface area contributed by atoms with Crippen LogP contribution in [0.2, 0.25) is 0 Å². The molecule has 0 radical (unpaired) electrons. The fourth-order valence-electron chi connectivity index (χ4n) is 2.87. The van der Waals surface area contributed by atoms with Crippen LogP contribution in [0.25, 0.3) is 0 Å². The van der Waals surface area contributed by atoms with E-state index in [4.69, 9.17) is 9.47 Å². The molecule has 1 aliphatic heterocycles. The normalized spacial score (nSPS) is 24.4. The van der Waals surface area contributed by atoms with E-state index in [9.17, 15) is 19.5 Å². The van der Waals surface area contributed by atoms with Gasteiger partial charge in [0.2, 0.25) is 0 Å². The Morgan fingerprint density at radius 2 is 1.93 bits per heavy atom. The number of aliphatic hydroxyl groups excluding tert-OH is 1. The number of carbonyl (C=O) groups excluding carboxylic acids is 3. The number of hydrogen-bond donors (Lipinski definition) is 2. The number of allylic oxidation sites excluding steroid dienone is 3. The third-order valence-corrected chi connectivity index (χ3v) is 4.45. The van der Waals surface area contributed by atoms with Crippen LogP contribution in [0.1, 0.15) is 37.3 Å². The zero-order chi connectivity index (χ0) is 21.8. The van der Waals surface area contributed by atoms with Crippen LogP contribution in [-0.2, 0) is 23.9 Å². The number of carbonyl (C=O) groups is 3. The molecular formula is C23H27NO6. The number of benzene rings is 1. The number of esters is 2. The monoisotopic (exact) mass is 413 g/mol. The first-order chi connectivity index (χ1) is 14.5. The van der Waals surface area contributed by atoms with Crippen molar-refractivity contribution in [2.24, 2.45) is 0 Å². The predicted octanol–water partition coefficient (Wildman–Crippen LogP) is 2.53. The lowest BCUT2D eigenvalue weighted by molar-refractivity contribution is -0.154. The van der Waals surface area contributed by atoms with Crippen LogP contribution < -0.4 is 5.32 Å². The molecule has 1 amide bonds. The van der Waals surface area contributed by atoms with E-state index in [2.05, 4.69) is 5.32 Å². The molecule has 160 valence electrons. The summed E-state index contributed by atoms with van der Waals surface area (Å²) >= 11 is 0. The minimum absolute atomic E-state index is 0.289. The molecule has 0 saturated carbocycles. The van der Waals surface area contributed by atoms with Gasteiger partial charge in [-0.15, -0.1) is 0 Å². The predicted molar refractivity (Wildman–Crippen MR) is 111 cm³/mol. The number of methoxy groups -OCH3 is 1. The summed E-state index contributed by atoms with van der Waals surface area (Å²) in [6.45, 7) is 0. The van der Waals surface area contributed by atoms with Crippen molar-refractivity contribution in [3.8, 4) is 0 Å². The van der Waals surface area contributed by atoms with Crippen molar-refractivity contribution in [3.05, 3.63) is 72.4 Å². The molecule has 2 N–H and O–H groups in total. The molecule has 7 nitrogen and oxygen atoms in total. The first-order valence-electron chi connectivity index (χ1n) is 9.83. The fourth-order valence-corrected chi connectivity index (χ4v) is 2.87. The second-order valence-corrected chi connectivity index (χ2v) is 6.72. The second kappa shape index (κ2) is 12.4. The van der Waals surface area contributed by atoms with E-state index < -0.39 is 36.1 Å². The Labute approximate surface area is 176 Å². The lowest BCUT2D eigenvalue weighted by atomic mass is 10.1. The molecule has 1 aromatic rings. The molecule has 0 saturated heterocycles. The molecule has 0 aliphatic carbocycles. The van der Waals surface area contributed by atoms with Crippen LogP contribution in [0, 0.1) is 0 Å². The third kappa shape index (κ3) is 7.67. The standard InChI is InChI=1S/C23H27NO6/c1-29-23(28)21(17-11-7-6-8-12-17)24-22(27)19-14-10-5-3-2-4-9-13-18(25)15-16-20(26)30-19/h2-3,6-9,11-13,15-16,18-19,21,25H,4-5,10,14H2,1H3,(H,24,27)/b3-2+,13-9-,16-15+/t18?,19-,21+/m0/s1. The van der Waals surface area contributed by atoms with Gasteiger partial charge in [-0.3, -0.25) is 4.79 Å². The van der Waals surface area contributed by atoms with Gasteiger partial charge in [-0.05, 0) is 37.3 Å². The van der Waals surface area contributed by atoms with Crippen molar-refractivity contribution in [1.82, 2.24) is 5.32 Å². The van der Waals surface area contributed by atoms with E-state index in [-0.39, 0.29) is 6.42 Å². The molecule has 3 atom stereocenters. The minimum Gasteiger partial charge on any atom is -0.467 e. The third-order valence-electron chi connectivity index (χ3n) is 4.45. The summed E-state index contributed by atoms with van der Waals surface area (Å²) in [5, 5.41) is 12.4. The van der Waals surface area contributed by atoms with Crippen LogP contribution in [-0.4, -0.2) is 42.3 Å². The number of cyclic esters (lactones) is 1. The molecule has 1 unspecified atom stereocenters. The highest BCUT2D eigenvalue weighted by atomic mass is 16.5. The van der Waals surface area contributed by atoms with Crippen LogP contribution in [0.5, 0.6) is 0 Å². The topological polar surface area (TPSA) is 102 Å². The molecule has 0 aromatic heterocycles. The highest BCUT2D eigenvalue weighted by Crippen LogP contribution is 2.16. The highest BCUT2D eigenvalue weighted by Gasteiger charge is 2.29. The Kier molecular flexibility index (Phi) is 9.54. The summed E-state index contributed by atoms with van der Waals surface area (Å²) in [6, 6.07) is 7.67. The average Bonchev–Trinajstić information content (AvgIpc) is 2.76. The van der Waals surface area contributed by atoms with Crippen LogP contribution in [0.15, 0.2) is 66.8 Å². The summed E-state index contributed by atoms with van der Waals surface area (Å²) in [5.41, 5.74) is 0.558. The van der Waals surface area contributed by atoms with E-state index in [1.54, 1.807) is 42.5 Å². The Bertz CT molecular complexity index is 799. The molecule has 7 heteroatoms. The van der Waals surface area contributed by atoms with Gasteiger partial charge in [0, 0.05) is 6.08 Å². The Morgan fingerprint density at radius 3 is 2.67 bits per heavy atom. The van der Waals surface area contributed by atoms with Crippen molar-refractivity contribution in [1.29, 1.82) is 0 Å². The molecule has 0 bridgehead atoms. The maximum Gasteiger partial charge on any atom is 0.333 e. The van der Waals surface area contributed by atoms with Gasteiger partial charge in [-0.2, -0.15) is 0 Å². The van der Waals surface area contributed by atoms with E-state index in [0.29, 0.717) is 24.8 Å². The van der Waals surface area contributed by atoms with Gasteiger partial charge in [-0.1, -0.05) is 54.6 Å². The maximum atomic E-state index is 12.9. The molecule has 1 aromatic carbocycles. The van der Waals surface area contributed by atoms with E-state index in [1.165, 1.54) is 13.2 Å². The molecular weight excluding hydrogens is 386 g/mol. The lowest BCUT2D eigenvalue weighted by Gasteiger charge is -2.21. The number of nitrogens with one attached hydrogen (secondary N) is 1. The fraction of sp³-hybridized carbons (Fsp3) is 0.348. The first kappa shape index (κ1) is 23.1. The summed E-state index contributed by atoms with van der Waals surface area (Å²) in [5.74, 6) is -1.96. The van der Waals surface area contributed by atoms with Gasteiger partial charge in [-0.25, -0.2) is 9.59 Å². The largest absolute Gasteiger partial charge is 0.467 e. The Hall–Kier alpha value is -3.19. The van der Waals surface area contributed by atoms with Crippen LogP contribution in [0.3, 0.4) is 0 Å². The first-order valence-corrected chi connectivity index (χ1v) is 9.83. The molecule has 1 heterocycles. The summed E-state index contributed by atoms with van der Waals surface area (Å²) in [7, 11) is 1.24. The van der Waals surface area contributed by atoms with Gasteiger partial charge in [0.1, 0.15) is 0 Å². The van der Waals surface area contributed by atoms with Gasteiger partial charge < -0.3 is 19.9 Å². The molecule has 0 spiro atoms. The lowest BCUT2D eigenvalue weighted by Crippen LogP contribution is -2.42. The number of rotatable bonds is 4. The summed E-state index contributed by atoms with van der Waals surface area (Å²) < 4.78 is 10.1. The summed E-state index contributed by atoms with van der Waals surface area (Å²) in [4.78, 5) is 37.2. The van der Waals surface area contributed by atoms with E-state index in [1.807, 2.05) is 12.2 Å². The smallest absolute Gasteiger partial charge is 0.333 e. The van der Waals surface area contributed by atoms with E-state index in [0.717, 1.165) is 6.08 Å². The Morgan fingerprint density at radius 1 is 1.17 bits per heavy atom. The van der Waals surface area contributed by atoms with Crippen LogP contribution in [0.4, 0.5) is 0 Å². The average molecular weight is 413 g/mol. The SMILES string of the molecule is COC(=O)[C@H](NC(=O)[C@@H]1CCC/C=C/C/C=C\C(O)/C=C/C(=O)O1)c1ccccc1. The number of ether oxygens (including phenoxy) is 2. The number of aliphatic hydroxyl groups is 1. The molecule has 0 fully saturated rings. The number of hydrogen-bond acceptors (Lipinski definition) is 6. The van der Waals surface area contributed by atoms with Crippen molar-refractivity contribution in [3.63, 3.8) is 0 Å². The van der Waals surface area contributed by atoms with Gasteiger partial charge >= 0.3 is 11.9 Å². The van der Waals surface area contributed by atoms with Gasteiger partial charge in [0.15, 0.2) is 12.1 Å². The zero-order valence-electron chi connectivity index (χ0n) is 16.9. The molecule has 1 aliphatic rings. The maximum absolute atomic E-state index is 12.9.